The van der Waals surface area contributed by atoms with Crippen LogP contribution in [0.25, 0.3) is 0 Å². The van der Waals surface area contributed by atoms with Gasteiger partial charge in [0, 0.05) is 21.3 Å². The standard InChI is InChI=1S/C22H20Cl2N2O3S/c1-15-13-19(24)9-12-21(15)25-22(27)17-5-10-20(11-6-17)26(30(2,28)29)14-16-3-7-18(23)8-4-16/h3-13H,14H2,1-2H3,(H,25,27). The number of carbonyl (C=O) groups is 1. The van der Waals surface area contributed by atoms with Crippen LogP contribution in [-0.2, 0) is 16.6 Å². The van der Waals surface area contributed by atoms with Crippen LogP contribution in [0.4, 0.5) is 11.4 Å². The molecule has 0 unspecified atom stereocenters. The molecule has 1 N–H and O–H groups in total. The lowest BCUT2D eigenvalue weighted by Gasteiger charge is -2.23. The van der Waals surface area contributed by atoms with E-state index >= 15 is 0 Å². The van der Waals surface area contributed by atoms with Crippen LogP contribution in [0, 0.1) is 6.92 Å². The maximum atomic E-state index is 12.6. The first-order valence-electron chi connectivity index (χ1n) is 9.03. The Hall–Kier alpha value is -2.54. The van der Waals surface area contributed by atoms with Gasteiger partial charge >= 0.3 is 0 Å². The predicted molar refractivity (Wildman–Crippen MR) is 123 cm³/mol. The van der Waals surface area contributed by atoms with E-state index in [0.717, 1.165) is 17.4 Å². The van der Waals surface area contributed by atoms with Crippen molar-refractivity contribution in [3.8, 4) is 0 Å². The van der Waals surface area contributed by atoms with E-state index in [4.69, 9.17) is 23.2 Å². The molecule has 3 rings (SSSR count). The highest BCUT2D eigenvalue weighted by atomic mass is 35.5. The van der Waals surface area contributed by atoms with Crippen LogP contribution in [-0.4, -0.2) is 20.6 Å². The summed E-state index contributed by atoms with van der Waals surface area (Å²) in [5, 5.41) is 4.01. The van der Waals surface area contributed by atoms with E-state index in [-0.39, 0.29) is 12.5 Å². The molecule has 30 heavy (non-hydrogen) atoms. The second-order valence-electron chi connectivity index (χ2n) is 6.86. The fourth-order valence-electron chi connectivity index (χ4n) is 2.90. The van der Waals surface area contributed by atoms with Crippen LogP contribution in [0.3, 0.4) is 0 Å². The number of anilines is 2. The number of hydrogen-bond acceptors (Lipinski definition) is 3. The average Bonchev–Trinajstić information content (AvgIpc) is 2.69. The number of nitrogens with one attached hydrogen (secondary N) is 1. The molecule has 0 saturated carbocycles. The van der Waals surface area contributed by atoms with E-state index in [9.17, 15) is 13.2 Å². The Balaban J connectivity index is 1.80. The molecular formula is C22H20Cl2N2O3S. The molecule has 0 bridgehead atoms. The molecule has 0 fully saturated rings. The van der Waals surface area contributed by atoms with Crippen LogP contribution in [0.1, 0.15) is 21.5 Å². The van der Waals surface area contributed by atoms with E-state index in [0.29, 0.717) is 27.0 Å². The largest absolute Gasteiger partial charge is 0.322 e. The number of hydrogen-bond donors (Lipinski definition) is 1. The zero-order chi connectivity index (χ0) is 21.9. The summed E-state index contributed by atoms with van der Waals surface area (Å²) in [5.41, 5.74) is 3.18. The average molecular weight is 463 g/mol. The summed E-state index contributed by atoms with van der Waals surface area (Å²) in [6, 6.07) is 18.6. The summed E-state index contributed by atoms with van der Waals surface area (Å²) >= 11 is 11.8. The zero-order valence-corrected chi connectivity index (χ0v) is 18.7. The monoisotopic (exact) mass is 462 g/mol. The molecule has 5 nitrogen and oxygen atoms in total. The number of carbonyl (C=O) groups excluding carboxylic acids is 1. The Kier molecular flexibility index (Phi) is 6.71. The van der Waals surface area contributed by atoms with E-state index < -0.39 is 10.0 Å². The zero-order valence-electron chi connectivity index (χ0n) is 16.4. The van der Waals surface area contributed by atoms with Crippen LogP contribution in [0.15, 0.2) is 66.7 Å². The van der Waals surface area contributed by atoms with Crippen LogP contribution in [0.5, 0.6) is 0 Å². The van der Waals surface area contributed by atoms with Crippen molar-refractivity contribution in [1.82, 2.24) is 0 Å². The highest BCUT2D eigenvalue weighted by molar-refractivity contribution is 7.92. The lowest BCUT2D eigenvalue weighted by Crippen LogP contribution is -2.29. The molecular weight excluding hydrogens is 443 g/mol. The second kappa shape index (κ2) is 9.08. The molecule has 156 valence electrons. The Labute approximate surface area is 186 Å². The molecule has 0 heterocycles. The van der Waals surface area contributed by atoms with E-state index in [1.54, 1.807) is 66.7 Å². The molecule has 1 amide bonds. The van der Waals surface area contributed by atoms with Gasteiger partial charge < -0.3 is 5.32 Å². The molecule has 0 spiro atoms. The lowest BCUT2D eigenvalue weighted by atomic mass is 10.1. The smallest absolute Gasteiger partial charge is 0.255 e. The van der Waals surface area contributed by atoms with Gasteiger partial charge in [0.2, 0.25) is 10.0 Å². The van der Waals surface area contributed by atoms with Gasteiger partial charge in [0.15, 0.2) is 0 Å². The van der Waals surface area contributed by atoms with Gasteiger partial charge in [0.1, 0.15) is 0 Å². The summed E-state index contributed by atoms with van der Waals surface area (Å²) < 4.78 is 26.0. The number of rotatable bonds is 6. The van der Waals surface area contributed by atoms with E-state index in [1.807, 2.05) is 6.92 Å². The molecule has 0 aliphatic heterocycles. The molecule has 0 aliphatic carbocycles. The summed E-state index contributed by atoms with van der Waals surface area (Å²) in [7, 11) is -3.53. The SMILES string of the molecule is Cc1cc(Cl)ccc1NC(=O)c1ccc(N(Cc2ccc(Cl)cc2)S(C)(=O)=O)cc1. The molecule has 0 radical (unpaired) electrons. The molecule has 0 aliphatic rings. The summed E-state index contributed by atoms with van der Waals surface area (Å²) in [6.45, 7) is 2.01. The molecule has 0 aromatic heterocycles. The fourth-order valence-corrected chi connectivity index (χ4v) is 4.14. The van der Waals surface area contributed by atoms with Gasteiger partial charge in [0.25, 0.3) is 5.91 Å². The molecule has 8 heteroatoms. The quantitative estimate of drug-likeness (QED) is 0.524. The third kappa shape index (κ3) is 5.53. The highest BCUT2D eigenvalue weighted by Gasteiger charge is 2.18. The first kappa shape index (κ1) is 22.2. The number of benzene rings is 3. The Bertz CT molecular complexity index is 1160. The first-order chi connectivity index (χ1) is 14.1. The van der Waals surface area contributed by atoms with Crippen molar-refractivity contribution >= 4 is 50.5 Å². The Morgan fingerprint density at radius 1 is 0.933 bits per heavy atom. The number of aryl methyl sites for hydroxylation is 1. The predicted octanol–water partition coefficient (Wildman–Crippen LogP) is 5.52. The van der Waals surface area contributed by atoms with E-state index in [2.05, 4.69) is 5.32 Å². The van der Waals surface area contributed by atoms with Crippen molar-refractivity contribution in [2.45, 2.75) is 13.5 Å². The fraction of sp³-hybridized carbons (Fsp3) is 0.136. The molecule has 3 aromatic carbocycles. The summed E-state index contributed by atoms with van der Waals surface area (Å²) in [4.78, 5) is 12.6. The van der Waals surface area contributed by atoms with Gasteiger partial charge in [-0.25, -0.2) is 8.42 Å². The van der Waals surface area contributed by atoms with Gasteiger partial charge in [-0.3, -0.25) is 9.10 Å². The highest BCUT2D eigenvalue weighted by Crippen LogP contribution is 2.24. The van der Waals surface area contributed by atoms with Crippen molar-refractivity contribution in [3.63, 3.8) is 0 Å². The molecule has 0 atom stereocenters. The van der Waals surface area contributed by atoms with Gasteiger partial charge in [-0.2, -0.15) is 0 Å². The molecule has 3 aromatic rings. The second-order valence-corrected chi connectivity index (χ2v) is 9.64. The Morgan fingerprint density at radius 2 is 1.53 bits per heavy atom. The first-order valence-corrected chi connectivity index (χ1v) is 11.6. The summed E-state index contributed by atoms with van der Waals surface area (Å²) in [6.07, 6.45) is 1.15. The summed E-state index contributed by atoms with van der Waals surface area (Å²) in [5.74, 6) is -0.296. The Morgan fingerprint density at radius 3 is 2.10 bits per heavy atom. The van der Waals surface area contributed by atoms with E-state index in [1.165, 1.54) is 4.31 Å². The van der Waals surface area contributed by atoms with Crippen molar-refractivity contribution in [2.75, 3.05) is 15.9 Å². The minimum absolute atomic E-state index is 0.158. The lowest BCUT2D eigenvalue weighted by molar-refractivity contribution is 0.102. The van der Waals surface area contributed by atoms with Crippen molar-refractivity contribution in [1.29, 1.82) is 0 Å². The van der Waals surface area contributed by atoms with Gasteiger partial charge in [-0.05, 0) is 72.6 Å². The number of halogens is 2. The minimum atomic E-state index is -3.53. The third-order valence-electron chi connectivity index (χ3n) is 4.49. The number of sulfonamides is 1. The van der Waals surface area contributed by atoms with Crippen molar-refractivity contribution in [2.24, 2.45) is 0 Å². The van der Waals surface area contributed by atoms with Crippen LogP contribution in [0.2, 0.25) is 10.0 Å². The van der Waals surface area contributed by atoms with Gasteiger partial charge in [0.05, 0.1) is 18.5 Å². The maximum absolute atomic E-state index is 12.6. The minimum Gasteiger partial charge on any atom is -0.322 e. The van der Waals surface area contributed by atoms with Crippen molar-refractivity contribution in [3.05, 3.63) is 93.5 Å². The topological polar surface area (TPSA) is 66.5 Å². The van der Waals surface area contributed by atoms with Gasteiger partial charge in [-0.1, -0.05) is 35.3 Å². The molecule has 0 saturated heterocycles. The number of amides is 1. The number of nitrogens with zero attached hydrogens (tertiary/aromatic N) is 1. The van der Waals surface area contributed by atoms with Crippen LogP contribution >= 0.6 is 23.2 Å². The normalized spacial score (nSPS) is 11.2. The third-order valence-corrected chi connectivity index (χ3v) is 6.12. The van der Waals surface area contributed by atoms with Crippen LogP contribution < -0.4 is 9.62 Å². The van der Waals surface area contributed by atoms with Gasteiger partial charge in [-0.15, -0.1) is 0 Å². The van der Waals surface area contributed by atoms with Crippen molar-refractivity contribution < 1.29 is 13.2 Å². The maximum Gasteiger partial charge on any atom is 0.255 e.